The lowest BCUT2D eigenvalue weighted by molar-refractivity contribution is -0.162. The van der Waals surface area contributed by atoms with Crippen LogP contribution >= 0.6 is 0 Å². The molecule has 1 aliphatic rings. The number of anilines is 1. The lowest BCUT2D eigenvalue weighted by atomic mass is 9.93. The van der Waals surface area contributed by atoms with Crippen molar-refractivity contribution in [2.75, 3.05) is 12.3 Å². The number of nitrogens with zero attached hydrogens (tertiary/aromatic N) is 3. The average molecular weight is 434 g/mol. The summed E-state index contributed by atoms with van der Waals surface area (Å²) < 4.78 is 18.6. The van der Waals surface area contributed by atoms with Crippen LogP contribution in [0.4, 0.5) is 5.82 Å². The number of nitrogens with two attached hydrogens (primary N) is 1. The summed E-state index contributed by atoms with van der Waals surface area (Å²) in [6.07, 6.45) is -1.63. The molecule has 3 rings (SSSR count). The monoisotopic (exact) mass is 434 g/mol. The van der Waals surface area contributed by atoms with Crippen molar-refractivity contribution in [3.63, 3.8) is 0 Å². The molecule has 31 heavy (non-hydrogen) atoms. The number of aliphatic hydroxyl groups excluding tert-OH is 1. The predicted molar refractivity (Wildman–Crippen MR) is 111 cm³/mol. The van der Waals surface area contributed by atoms with Crippen molar-refractivity contribution in [2.45, 2.75) is 65.0 Å². The highest BCUT2D eigenvalue weighted by molar-refractivity contribution is 5.71. The SMILES string of the molecule is CC(C)CC(=O)O[C@H]1[C@@H](O)[C@](C)(c2ccc3c(N)ncnn23)O[C@@H]1COC(=O)C(C)C. The molecule has 0 bridgehead atoms. The molecule has 3 heterocycles. The number of ether oxygens (including phenoxy) is 3. The van der Waals surface area contributed by atoms with Crippen LogP contribution in [0.5, 0.6) is 0 Å². The van der Waals surface area contributed by atoms with E-state index >= 15 is 0 Å². The molecule has 0 aliphatic carbocycles. The highest BCUT2D eigenvalue weighted by atomic mass is 16.6. The van der Waals surface area contributed by atoms with Gasteiger partial charge in [0, 0.05) is 6.42 Å². The molecule has 0 aromatic carbocycles. The zero-order chi connectivity index (χ0) is 22.9. The van der Waals surface area contributed by atoms with Crippen molar-refractivity contribution in [1.82, 2.24) is 14.6 Å². The van der Waals surface area contributed by atoms with Gasteiger partial charge in [0.05, 0.1) is 11.6 Å². The first-order valence-corrected chi connectivity index (χ1v) is 10.3. The van der Waals surface area contributed by atoms with Crippen LogP contribution in [-0.4, -0.2) is 56.6 Å². The standard InChI is InChI=1S/C21H30N4O6/c1-11(2)8-16(26)30-17-14(9-29-20(28)12(3)4)31-21(5,18(17)27)15-7-6-13-19(22)23-10-24-25(13)15/h6-7,10-12,14,17-18,27H,8-9H2,1-5H3,(H2,22,23,24)/t14-,17-,18-,21+/m1/s1. The van der Waals surface area contributed by atoms with Crippen LogP contribution in [0.15, 0.2) is 18.5 Å². The summed E-state index contributed by atoms with van der Waals surface area (Å²) in [5, 5.41) is 15.4. The number of rotatable bonds is 7. The number of nitrogen functional groups attached to an aromatic ring is 1. The topological polar surface area (TPSA) is 138 Å². The summed E-state index contributed by atoms with van der Waals surface area (Å²) in [5.74, 6) is -0.829. The van der Waals surface area contributed by atoms with Crippen molar-refractivity contribution in [2.24, 2.45) is 11.8 Å². The van der Waals surface area contributed by atoms with E-state index in [1.165, 1.54) is 10.8 Å². The largest absolute Gasteiger partial charge is 0.463 e. The van der Waals surface area contributed by atoms with Gasteiger partial charge in [-0.15, -0.1) is 0 Å². The van der Waals surface area contributed by atoms with Gasteiger partial charge in [0.1, 0.15) is 36.3 Å². The fourth-order valence-corrected chi connectivity index (χ4v) is 3.64. The van der Waals surface area contributed by atoms with Gasteiger partial charge in [-0.25, -0.2) is 9.50 Å². The summed E-state index contributed by atoms with van der Waals surface area (Å²) in [4.78, 5) is 28.3. The van der Waals surface area contributed by atoms with E-state index in [-0.39, 0.29) is 30.7 Å². The lowest BCUT2D eigenvalue weighted by Gasteiger charge is -2.27. The summed E-state index contributed by atoms with van der Waals surface area (Å²) in [5.41, 5.74) is 5.68. The Morgan fingerprint density at radius 1 is 1.32 bits per heavy atom. The van der Waals surface area contributed by atoms with Gasteiger partial charge in [0.25, 0.3) is 0 Å². The third-order valence-corrected chi connectivity index (χ3v) is 5.33. The van der Waals surface area contributed by atoms with Crippen LogP contribution in [0.2, 0.25) is 0 Å². The molecule has 0 unspecified atom stereocenters. The van der Waals surface area contributed by atoms with Crippen LogP contribution in [0.1, 0.15) is 46.7 Å². The number of carbonyl (C=O) groups is 2. The second-order valence-electron chi connectivity index (χ2n) is 8.71. The van der Waals surface area contributed by atoms with Gasteiger partial charge in [-0.2, -0.15) is 5.10 Å². The zero-order valence-electron chi connectivity index (χ0n) is 18.4. The first kappa shape index (κ1) is 23.0. The van der Waals surface area contributed by atoms with Gasteiger partial charge in [-0.1, -0.05) is 27.7 Å². The molecule has 0 saturated carbocycles. The number of aromatic nitrogens is 3. The Balaban J connectivity index is 1.92. The summed E-state index contributed by atoms with van der Waals surface area (Å²) in [6, 6.07) is 3.44. The predicted octanol–water partition coefficient (Wildman–Crippen LogP) is 1.44. The first-order valence-electron chi connectivity index (χ1n) is 10.3. The van der Waals surface area contributed by atoms with Crippen LogP contribution in [0.25, 0.3) is 5.52 Å². The number of hydrogen-bond acceptors (Lipinski definition) is 9. The normalized spacial score (nSPS) is 26.0. The van der Waals surface area contributed by atoms with Gasteiger partial charge < -0.3 is 25.1 Å². The van der Waals surface area contributed by atoms with Crippen molar-refractivity contribution in [1.29, 1.82) is 0 Å². The molecule has 0 amide bonds. The fraction of sp³-hybridized carbons (Fsp3) is 0.619. The maximum absolute atomic E-state index is 12.4. The van der Waals surface area contributed by atoms with Gasteiger partial charge in [-0.3, -0.25) is 9.59 Å². The number of fused-ring (bicyclic) bond motifs is 1. The number of carbonyl (C=O) groups excluding carboxylic acids is 2. The van der Waals surface area contributed by atoms with E-state index < -0.39 is 35.9 Å². The van der Waals surface area contributed by atoms with Crippen LogP contribution in [0.3, 0.4) is 0 Å². The highest BCUT2D eigenvalue weighted by Crippen LogP contribution is 2.42. The van der Waals surface area contributed by atoms with E-state index in [1.54, 1.807) is 32.9 Å². The van der Waals surface area contributed by atoms with Crippen molar-refractivity contribution < 1.29 is 28.9 Å². The first-order chi connectivity index (χ1) is 14.5. The van der Waals surface area contributed by atoms with E-state index in [0.717, 1.165) is 0 Å². The smallest absolute Gasteiger partial charge is 0.308 e. The second-order valence-corrected chi connectivity index (χ2v) is 8.71. The molecule has 4 atom stereocenters. The number of esters is 2. The molecule has 1 saturated heterocycles. The van der Waals surface area contributed by atoms with Gasteiger partial charge in [0.2, 0.25) is 0 Å². The Hall–Kier alpha value is -2.72. The minimum Gasteiger partial charge on any atom is -0.463 e. The van der Waals surface area contributed by atoms with Crippen LogP contribution in [0, 0.1) is 11.8 Å². The molecule has 2 aromatic rings. The molecule has 3 N–H and O–H groups in total. The molecule has 2 aromatic heterocycles. The third kappa shape index (κ3) is 4.49. The summed E-state index contributed by atoms with van der Waals surface area (Å²) in [7, 11) is 0. The maximum Gasteiger partial charge on any atom is 0.308 e. The Bertz CT molecular complexity index is 958. The molecule has 1 aliphatic heterocycles. The average Bonchev–Trinajstić information content (AvgIpc) is 3.22. The molecule has 0 spiro atoms. The molecule has 10 heteroatoms. The maximum atomic E-state index is 12.4. The zero-order valence-corrected chi connectivity index (χ0v) is 18.4. The quantitative estimate of drug-likeness (QED) is 0.620. The Kier molecular flexibility index (Phi) is 6.51. The van der Waals surface area contributed by atoms with Gasteiger partial charge in [-0.05, 0) is 25.0 Å². The molecular formula is C21H30N4O6. The van der Waals surface area contributed by atoms with Crippen molar-refractivity contribution >= 4 is 23.3 Å². The minimum atomic E-state index is -1.30. The van der Waals surface area contributed by atoms with Crippen molar-refractivity contribution in [3.8, 4) is 0 Å². The Labute approximate surface area is 180 Å². The molecular weight excluding hydrogens is 404 g/mol. The molecule has 10 nitrogen and oxygen atoms in total. The minimum absolute atomic E-state index is 0.0878. The van der Waals surface area contributed by atoms with Gasteiger partial charge >= 0.3 is 11.9 Å². The second kappa shape index (κ2) is 8.80. The van der Waals surface area contributed by atoms with E-state index in [1.807, 2.05) is 13.8 Å². The fourth-order valence-electron chi connectivity index (χ4n) is 3.64. The lowest BCUT2D eigenvalue weighted by Crippen LogP contribution is -2.42. The Morgan fingerprint density at radius 2 is 2.03 bits per heavy atom. The summed E-state index contributed by atoms with van der Waals surface area (Å²) in [6.45, 7) is 8.73. The number of aliphatic hydroxyl groups is 1. The van der Waals surface area contributed by atoms with Gasteiger partial charge in [0.15, 0.2) is 11.9 Å². The number of hydrogen-bond donors (Lipinski definition) is 2. The Morgan fingerprint density at radius 3 is 2.68 bits per heavy atom. The van der Waals surface area contributed by atoms with Crippen LogP contribution in [-0.2, 0) is 29.4 Å². The summed E-state index contributed by atoms with van der Waals surface area (Å²) >= 11 is 0. The van der Waals surface area contributed by atoms with Crippen LogP contribution < -0.4 is 5.73 Å². The van der Waals surface area contributed by atoms with E-state index in [2.05, 4.69) is 10.1 Å². The van der Waals surface area contributed by atoms with E-state index in [0.29, 0.717) is 11.2 Å². The van der Waals surface area contributed by atoms with E-state index in [9.17, 15) is 14.7 Å². The molecule has 0 radical (unpaired) electrons. The van der Waals surface area contributed by atoms with Crippen molar-refractivity contribution in [3.05, 3.63) is 24.2 Å². The highest BCUT2D eigenvalue weighted by Gasteiger charge is 2.56. The third-order valence-electron chi connectivity index (χ3n) is 5.33. The van der Waals surface area contributed by atoms with E-state index in [4.69, 9.17) is 19.9 Å². The molecule has 170 valence electrons. The molecule has 1 fully saturated rings.